The molecule has 0 radical (unpaired) electrons. The van der Waals surface area contributed by atoms with Crippen molar-refractivity contribution in [3.05, 3.63) is 70.9 Å². The smallest absolute Gasteiger partial charge is 0.260 e. The van der Waals surface area contributed by atoms with E-state index >= 15 is 0 Å². The second kappa shape index (κ2) is 6.67. The summed E-state index contributed by atoms with van der Waals surface area (Å²) in [6.45, 7) is 0.317. The number of nitrogens with zero attached hydrogens (tertiary/aromatic N) is 1. The zero-order valence-electron chi connectivity index (χ0n) is 12.3. The van der Waals surface area contributed by atoms with Crippen molar-refractivity contribution in [2.24, 2.45) is 0 Å². The summed E-state index contributed by atoms with van der Waals surface area (Å²) in [6.07, 6.45) is 1.14. The number of fused-ring (bicyclic) bond motifs is 1. The van der Waals surface area contributed by atoms with E-state index in [1.54, 1.807) is 24.3 Å². The second-order valence-corrected chi connectivity index (χ2v) is 5.68. The SMILES string of the molecule is O=CN(CCc1cc2cc(Cl)ccc2[nH]1)C(=O)c1ccccc1. The number of nitrogens with one attached hydrogen (secondary N) is 1. The minimum absolute atomic E-state index is 0.292. The zero-order valence-corrected chi connectivity index (χ0v) is 13.1. The molecule has 0 fully saturated rings. The zero-order chi connectivity index (χ0) is 16.2. The first-order valence-corrected chi connectivity index (χ1v) is 7.63. The molecule has 0 aliphatic carbocycles. The van der Waals surface area contributed by atoms with E-state index in [4.69, 9.17) is 11.6 Å². The average molecular weight is 327 g/mol. The maximum absolute atomic E-state index is 12.3. The Kier molecular flexibility index (Phi) is 4.44. The molecule has 116 valence electrons. The molecule has 0 atom stereocenters. The van der Waals surface area contributed by atoms with Crippen molar-refractivity contribution in [2.45, 2.75) is 6.42 Å². The number of hydrogen-bond acceptors (Lipinski definition) is 2. The molecule has 0 saturated heterocycles. The Balaban J connectivity index is 1.72. The third-order valence-corrected chi connectivity index (χ3v) is 3.90. The fourth-order valence-electron chi connectivity index (χ4n) is 2.49. The summed E-state index contributed by atoms with van der Waals surface area (Å²) < 4.78 is 0. The van der Waals surface area contributed by atoms with E-state index in [2.05, 4.69) is 4.98 Å². The highest BCUT2D eigenvalue weighted by atomic mass is 35.5. The molecule has 3 aromatic rings. The standard InChI is InChI=1S/C18H15ClN2O2/c19-15-6-7-17-14(10-15)11-16(20-17)8-9-21(12-22)18(23)13-4-2-1-3-5-13/h1-7,10-12,20H,8-9H2. The quantitative estimate of drug-likeness (QED) is 0.727. The van der Waals surface area contributed by atoms with Crippen LogP contribution in [0.1, 0.15) is 16.1 Å². The Morgan fingerprint density at radius 1 is 1.13 bits per heavy atom. The van der Waals surface area contributed by atoms with Gasteiger partial charge in [-0.05, 0) is 36.4 Å². The Morgan fingerprint density at radius 2 is 1.91 bits per heavy atom. The molecule has 0 saturated carbocycles. The van der Waals surface area contributed by atoms with Gasteiger partial charge in [0.15, 0.2) is 0 Å². The van der Waals surface area contributed by atoms with Crippen LogP contribution >= 0.6 is 11.6 Å². The van der Waals surface area contributed by atoms with Crippen LogP contribution in [0.2, 0.25) is 5.02 Å². The lowest BCUT2D eigenvalue weighted by molar-refractivity contribution is -0.115. The lowest BCUT2D eigenvalue weighted by Gasteiger charge is -2.14. The summed E-state index contributed by atoms with van der Waals surface area (Å²) in [5, 5.41) is 1.69. The number of halogens is 1. The van der Waals surface area contributed by atoms with Crippen molar-refractivity contribution >= 4 is 34.8 Å². The molecule has 23 heavy (non-hydrogen) atoms. The molecule has 0 aliphatic heterocycles. The summed E-state index contributed by atoms with van der Waals surface area (Å²) in [5.41, 5.74) is 2.44. The number of carbonyl (C=O) groups is 2. The van der Waals surface area contributed by atoms with Crippen LogP contribution in [0, 0.1) is 0 Å². The number of imide groups is 1. The van der Waals surface area contributed by atoms with Gasteiger partial charge in [-0.25, -0.2) is 0 Å². The van der Waals surface area contributed by atoms with Crippen LogP contribution in [0.15, 0.2) is 54.6 Å². The third-order valence-electron chi connectivity index (χ3n) is 3.67. The summed E-state index contributed by atoms with van der Waals surface area (Å²) >= 11 is 5.97. The van der Waals surface area contributed by atoms with Gasteiger partial charge in [-0.3, -0.25) is 14.5 Å². The molecule has 0 spiro atoms. The number of amides is 2. The van der Waals surface area contributed by atoms with Crippen molar-refractivity contribution < 1.29 is 9.59 Å². The predicted octanol–water partition coefficient (Wildman–Crippen LogP) is 3.66. The lowest BCUT2D eigenvalue weighted by atomic mass is 10.2. The van der Waals surface area contributed by atoms with E-state index in [0.717, 1.165) is 16.6 Å². The molecule has 1 N–H and O–H groups in total. The lowest BCUT2D eigenvalue weighted by Crippen LogP contribution is -2.31. The summed E-state index contributed by atoms with van der Waals surface area (Å²) in [6, 6.07) is 16.4. The fraction of sp³-hybridized carbons (Fsp3) is 0.111. The normalized spacial score (nSPS) is 10.7. The topological polar surface area (TPSA) is 53.2 Å². The van der Waals surface area contributed by atoms with E-state index in [9.17, 15) is 9.59 Å². The molecular weight excluding hydrogens is 312 g/mol. The number of carbonyl (C=O) groups excluding carboxylic acids is 2. The minimum Gasteiger partial charge on any atom is -0.358 e. The molecule has 2 aromatic carbocycles. The molecule has 4 nitrogen and oxygen atoms in total. The van der Waals surface area contributed by atoms with Crippen molar-refractivity contribution in [2.75, 3.05) is 6.54 Å². The number of benzene rings is 2. The Labute approximate surface area is 138 Å². The van der Waals surface area contributed by atoms with Crippen LogP contribution < -0.4 is 0 Å². The molecule has 0 aliphatic rings. The fourth-order valence-corrected chi connectivity index (χ4v) is 2.67. The van der Waals surface area contributed by atoms with E-state index in [1.165, 1.54) is 4.90 Å². The second-order valence-electron chi connectivity index (χ2n) is 5.25. The molecule has 5 heteroatoms. The van der Waals surface area contributed by atoms with Crippen LogP contribution in [0.25, 0.3) is 10.9 Å². The van der Waals surface area contributed by atoms with Crippen LogP contribution in [-0.2, 0) is 11.2 Å². The molecule has 1 heterocycles. The van der Waals surface area contributed by atoms with E-state index in [-0.39, 0.29) is 5.91 Å². The first-order valence-electron chi connectivity index (χ1n) is 7.26. The monoisotopic (exact) mass is 326 g/mol. The Bertz CT molecular complexity index is 843. The number of rotatable bonds is 5. The van der Waals surface area contributed by atoms with Crippen molar-refractivity contribution in [3.8, 4) is 0 Å². The minimum atomic E-state index is -0.292. The largest absolute Gasteiger partial charge is 0.358 e. The van der Waals surface area contributed by atoms with E-state index < -0.39 is 0 Å². The number of hydrogen-bond donors (Lipinski definition) is 1. The van der Waals surface area contributed by atoms with Gasteiger partial charge in [-0.2, -0.15) is 0 Å². The average Bonchev–Trinajstić information content (AvgIpc) is 2.98. The highest BCUT2D eigenvalue weighted by Crippen LogP contribution is 2.20. The molecule has 3 rings (SSSR count). The number of H-pyrrole nitrogens is 1. The maximum Gasteiger partial charge on any atom is 0.260 e. The first-order chi connectivity index (χ1) is 11.2. The van der Waals surface area contributed by atoms with Gasteiger partial charge < -0.3 is 4.98 Å². The highest BCUT2D eigenvalue weighted by molar-refractivity contribution is 6.31. The Hall–Kier alpha value is -2.59. The van der Waals surface area contributed by atoms with E-state index in [1.807, 2.05) is 30.3 Å². The van der Waals surface area contributed by atoms with Gasteiger partial charge >= 0.3 is 0 Å². The van der Waals surface area contributed by atoms with Gasteiger partial charge in [0.1, 0.15) is 0 Å². The van der Waals surface area contributed by atoms with Crippen LogP contribution in [-0.4, -0.2) is 28.7 Å². The third kappa shape index (κ3) is 3.43. The van der Waals surface area contributed by atoms with Crippen molar-refractivity contribution in [3.63, 3.8) is 0 Å². The Morgan fingerprint density at radius 3 is 2.65 bits per heavy atom. The van der Waals surface area contributed by atoms with Gasteiger partial charge in [0.25, 0.3) is 5.91 Å². The van der Waals surface area contributed by atoms with Crippen molar-refractivity contribution in [1.29, 1.82) is 0 Å². The van der Waals surface area contributed by atoms with Crippen molar-refractivity contribution in [1.82, 2.24) is 9.88 Å². The molecule has 0 unspecified atom stereocenters. The summed E-state index contributed by atoms with van der Waals surface area (Å²) in [7, 11) is 0. The predicted molar refractivity (Wildman–Crippen MR) is 90.6 cm³/mol. The molecule has 0 bridgehead atoms. The number of aromatic amines is 1. The number of aromatic nitrogens is 1. The van der Waals surface area contributed by atoms with Gasteiger partial charge in [0.2, 0.25) is 6.41 Å². The van der Waals surface area contributed by atoms with E-state index in [0.29, 0.717) is 30.0 Å². The van der Waals surface area contributed by atoms with Crippen LogP contribution in [0.3, 0.4) is 0 Å². The van der Waals surface area contributed by atoms with Gasteiger partial charge in [0.05, 0.1) is 0 Å². The molecule has 2 amide bonds. The highest BCUT2D eigenvalue weighted by Gasteiger charge is 2.15. The van der Waals surface area contributed by atoms with Gasteiger partial charge in [-0.1, -0.05) is 29.8 Å². The first kappa shape index (κ1) is 15.3. The van der Waals surface area contributed by atoms with Gasteiger partial charge in [0, 0.05) is 40.1 Å². The summed E-state index contributed by atoms with van der Waals surface area (Å²) in [5.74, 6) is -0.292. The summed E-state index contributed by atoms with van der Waals surface area (Å²) in [4.78, 5) is 28.0. The maximum atomic E-state index is 12.3. The molecule has 1 aromatic heterocycles. The van der Waals surface area contributed by atoms with Crippen LogP contribution in [0.5, 0.6) is 0 Å². The van der Waals surface area contributed by atoms with Gasteiger partial charge in [-0.15, -0.1) is 0 Å². The molecular formula is C18H15ClN2O2. The van der Waals surface area contributed by atoms with Crippen LogP contribution in [0.4, 0.5) is 0 Å².